The Balaban J connectivity index is 1.49. The lowest BCUT2D eigenvalue weighted by molar-refractivity contribution is -0.114. The highest BCUT2D eigenvalue weighted by molar-refractivity contribution is 8.42. The third-order valence-electron chi connectivity index (χ3n) is 4.33. The molecular weight excluding hydrogens is 495 g/mol. The zero-order chi connectivity index (χ0) is 23.0. The Morgan fingerprint density at radius 1 is 1.16 bits per heavy atom. The average molecular weight is 509 g/mol. The molecule has 0 saturated heterocycles. The molecule has 0 radical (unpaired) electrons. The van der Waals surface area contributed by atoms with Crippen LogP contribution in [-0.4, -0.2) is 41.0 Å². The van der Waals surface area contributed by atoms with Crippen molar-refractivity contribution in [2.45, 2.75) is 6.61 Å². The summed E-state index contributed by atoms with van der Waals surface area (Å²) in [6.07, 6.45) is 2.50. The molecule has 0 unspecified atom stereocenters. The molecule has 2 heterocycles. The number of thioether (sulfide) groups is 1. The lowest BCUT2D eigenvalue weighted by Crippen LogP contribution is -2.35. The van der Waals surface area contributed by atoms with Gasteiger partial charge >= 0.3 is 0 Å². The van der Waals surface area contributed by atoms with Crippen LogP contribution >= 0.6 is 35.0 Å². The smallest absolute Gasteiger partial charge is 0.283 e. The Kier molecular flexibility index (Phi) is 6.13. The summed E-state index contributed by atoms with van der Waals surface area (Å²) in [4.78, 5) is 16.3. The molecule has 1 N–H and O–H groups in total. The van der Waals surface area contributed by atoms with Gasteiger partial charge in [0.05, 0.1) is 15.6 Å². The summed E-state index contributed by atoms with van der Waals surface area (Å²) in [5, 5.41) is 14.2. The number of nitrogens with zero attached hydrogens (tertiary/aromatic N) is 3. The number of hydrogen-bond acceptors (Lipinski definition) is 7. The minimum absolute atomic E-state index is 0.00248. The van der Waals surface area contributed by atoms with Gasteiger partial charge in [-0.15, -0.1) is 5.10 Å². The van der Waals surface area contributed by atoms with E-state index in [1.54, 1.807) is 36.4 Å². The van der Waals surface area contributed by atoms with Crippen molar-refractivity contribution >= 4 is 72.2 Å². The van der Waals surface area contributed by atoms with Gasteiger partial charge < -0.3 is 4.74 Å². The molecular formula is C20H14Cl2N4O4S2. The van der Waals surface area contributed by atoms with Crippen molar-refractivity contribution in [2.75, 3.05) is 6.26 Å². The van der Waals surface area contributed by atoms with Crippen LogP contribution in [0.4, 0.5) is 0 Å². The van der Waals surface area contributed by atoms with E-state index in [4.69, 9.17) is 33.3 Å². The number of amidine groups is 2. The van der Waals surface area contributed by atoms with Crippen LogP contribution in [0, 0.1) is 5.41 Å². The largest absolute Gasteiger partial charge is 0.489 e. The first-order valence-corrected chi connectivity index (χ1v) is 12.5. The molecule has 12 heteroatoms. The van der Waals surface area contributed by atoms with Gasteiger partial charge in [0.15, 0.2) is 5.84 Å². The van der Waals surface area contributed by atoms with Crippen LogP contribution in [0.25, 0.3) is 6.08 Å². The van der Waals surface area contributed by atoms with E-state index < -0.39 is 15.7 Å². The van der Waals surface area contributed by atoms with Crippen LogP contribution in [0.1, 0.15) is 11.1 Å². The van der Waals surface area contributed by atoms with Crippen LogP contribution in [-0.2, 0) is 21.2 Å². The number of hydrazone groups is 1. The van der Waals surface area contributed by atoms with Gasteiger partial charge in [0.25, 0.3) is 5.91 Å². The number of sulfone groups is 1. The standard InChI is InChI=1S/C20H14Cl2N4O4S2/c1-32(28,29)20-25-26-17(23)14(18(27)24-19(26)31-20)8-11-2-5-13(6-3-11)30-10-12-4-7-15(21)16(22)9-12/h2-9,23H,10H2,1H3/b14-8-,23-17?. The van der Waals surface area contributed by atoms with Gasteiger partial charge in [-0.25, -0.2) is 8.42 Å². The fourth-order valence-electron chi connectivity index (χ4n) is 2.75. The zero-order valence-electron chi connectivity index (χ0n) is 16.4. The van der Waals surface area contributed by atoms with E-state index in [0.29, 0.717) is 28.0 Å². The fraction of sp³-hybridized carbons (Fsp3) is 0.100. The van der Waals surface area contributed by atoms with Gasteiger partial charge in [-0.05, 0) is 53.2 Å². The number of ether oxygens (including phenoxy) is 1. The molecule has 0 bridgehead atoms. The van der Waals surface area contributed by atoms with Gasteiger partial charge in [0.2, 0.25) is 19.4 Å². The predicted molar refractivity (Wildman–Crippen MR) is 127 cm³/mol. The monoisotopic (exact) mass is 508 g/mol. The van der Waals surface area contributed by atoms with Crippen molar-refractivity contribution in [2.24, 2.45) is 10.1 Å². The molecule has 164 valence electrons. The normalized spacial score (nSPS) is 17.3. The molecule has 32 heavy (non-hydrogen) atoms. The molecule has 0 fully saturated rings. The lowest BCUT2D eigenvalue weighted by atomic mass is 10.1. The average Bonchev–Trinajstić information content (AvgIpc) is 3.17. The number of benzene rings is 2. The first-order valence-electron chi connectivity index (χ1n) is 8.99. The number of aliphatic imine (C=N–C) groups is 1. The van der Waals surface area contributed by atoms with Crippen LogP contribution in [0.5, 0.6) is 5.75 Å². The highest BCUT2D eigenvalue weighted by Gasteiger charge is 2.38. The van der Waals surface area contributed by atoms with E-state index in [2.05, 4.69) is 10.1 Å². The second kappa shape index (κ2) is 8.70. The molecule has 1 amide bonds. The van der Waals surface area contributed by atoms with Crippen molar-refractivity contribution in [3.8, 4) is 5.75 Å². The molecule has 0 aliphatic carbocycles. The number of rotatable bonds is 4. The highest BCUT2D eigenvalue weighted by Crippen LogP contribution is 2.30. The maximum atomic E-state index is 12.4. The van der Waals surface area contributed by atoms with Gasteiger partial charge in [0, 0.05) is 6.26 Å². The second-order valence-electron chi connectivity index (χ2n) is 6.76. The number of fused-ring (bicyclic) bond motifs is 1. The topological polar surface area (TPSA) is 112 Å². The molecule has 0 aromatic heterocycles. The first kappa shape index (κ1) is 22.5. The lowest BCUT2D eigenvalue weighted by Gasteiger charge is -2.20. The summed E-state index contributed by atoms with van der Waals surface area (Å²) in [5.74, 6) is -0.286. The number of hydrogen-bond donors (Lipinski definition) is 1. The van der Waals surface area contributed by atoms with Crippen molar-refractivity contribution < 1.29 is 17.9 Å². The Bertz CT molecular complexity index is 1340. The Labute approximate surface area is 198 Å². The molecule has 2 aliphatic rings. The summed E-state index contributed by atoms with van der Waals surface area (Å²) in [6, 6.07) is 12.1. The van der Waals surface area contributed by atoms with Crippen LogP contribution in [0.15, 0.2) is 58.1 Å². The van der Waals surface area contributed by atoms with Crippen molar-refractivity contribution in [3.63, 3.8) is 0 Å². The molecule has 0 spiro atoms. The molecule has 2 aromatic carbocycles. The highest BCUT2D eigenvalue weighted by atomic mass is 35.5. The molecule has 2 aliphatic heterocycles. The van der Waals surface area contributed by atoms with Gasteiger partial charge in [-0.2, -0.15) is 10.0 Å². The predicted octanol–water partition coefficient (Wildman–Crippen LogP) is 4.19. The number of nitrogens with one attached hydrogen (secondary N) is 1. The molecule has 4 rings (SSSR count). The van der Waals surface area contributed by atoms with Gasteiger partial charge in [0.1, 0.15) is 12.4 Å². The minimum Gasteiger partial charge on any atom is -0.489 e. The van der Waals surface area contributed by atoms with Crippen LogP contribution in [0.3, 0.4) is 0 Å². The third-order valence-corrected chi connectivity index (χ3v) is 7.65. The summed E-state index contributed by atoms with van der Waals surface area (Å²) in [5.41, 5.74) is 1.49. The number of halogens is 2. The Morgan fingerprint density at radius 2 is 1.88 bits per heavy atom. The van der Waals surface area contributed by atoms with Crippen molar-refractivity contribution in [1.29, 1.82) is 5.41 Å². The van der Waals surface area contributed by atoms with E-state index in [1.807, 2.05) is 6.07 Å². The van der Waals surface area contributed by atoms with E-state index in [0.717, 1.165) is 28.6 Å². The minimum atomic E-state index is -3.58. The maximum Gasteiger partial charge on any atom is 0.283 e. The SMILES string of the molecule is CS(=O)(=O)C1=NN2C(=N)/C(=C/c3ccc(OCc4ccc(Cl)c(Cl)c4)cc3)C(=O)N=C2S1. The quantitative estimate of drug-likeness (QED) is 0.619. The zero-order valence-corrected chi connectivity index (χ0v) is 19.5. The summed E-state index contributed by atoms with van der Waals surface area (Å²) in [7, 11) is -3.58. The molecule has 0 saturated carbocycles. The number of amides is 1. The van der Waals surface area contributed by atoms with E-state index in [-0.39, 0.29) is 21.0 Å². The van der Waals surface area contributed by atoms with E-state index in [1.165, 1.54) is 6.08 Å². The Hall–Kier alpha value is -2.66. The number of carbonyl (C=O) groups excluding carboxylic acids is 1. The van der Waals surface area contributed by atoms with Crippen LogP contribution in [0.2, 0.25) is 10.0 Å². The van der Waals surface area contributed by atoms with Crippen molar-refractivity contribution in [1.82, 2.24) is 5.01 Å². The molecule has 8 nitrogen and oxygen atoms in total. The van der Waals surface area contributed by atoms with E-state index >= 15 is 0 Å². The summed E-state index contributed by atoms with van der Waals surface area (Å²) in [6.45, 7) is 0.297. The van der Waals surface area contributed by atoms with Gasteiger partial charge in [-0.3, -0.25) is 10.2 Å². The second-order valence-corrected chi connectivity index (χ2v) is 10.7. The van der Waals surface area contributed by atoms with Gasteiger partial charge in [-0.1, -0.05) is 41.4 Å². The summed E-state index contributed by atoms with van der Waals surface area (Å²) < 4.78 is 29.0. The maximum absolute atomic E-state index is 12.4. The first-order chi connectivity index (χ1) is 15.1. The van der Waals surface area contributed by atoms with Crippen molar-refractivity contribution in [3.05, 3.63) is 69.2 Å². The van der Waals surface area contributed by atoms with Crippen LogP contribution < -0.4 is 4.74 Å². The third kappa shape index (κ3) is 4.73. The molecule has 2 aromatic rings. The fourth-order valence-corrected chi connectivity index (χ4v) is 4.75. The Morgan fingerprint density at radius 3 is 2.53 bits per heavy atom. The molecule has 0 atom stereocenters. The summed E-state index contributed by atoms with van der Waals surface area (Å²) >= 11 is 12.7. The number of carbonyl (C=O) groups is 1. The van der Waals surface area contributed by atoms with E-state index in [9.17, 15) is 13.2 Å².